The zero-order chi connectivity index (χ0) is 11.8. The van der Waals surface area contributed by atoms with Gasteiger partial charge in [0.15, 0.2) is 0 Å². The third-order valence-electron chi connectivity index (χ3n) is 2.18. The van der Waals surface area contributed by atoms with E-state index < -0.39 is 0 Å². The summed E-state index contributed by atoms with van der Waals surface area (Å²) < 4.78 is 19.2. The van der Waals surface area contributed by atoms with E-state index in [9.17, 15) is 4.39 Å². The van der Waals surface area contributed by atoms with Crippen LogP contribution in [0.3, 0.4) is 0 Å². The molecule has 0 N–H and O–H groups in total. The summed E-state index contributed by atoms with van der Waals surface area (Å²) in [6, 6.07) is 4.44. The number of ether oxygens (including phenoxy) is 1. The molecule has 4 heteroatoms. The fourth-order valence-corrected chi connectivity index (χ4v) is 1.87. The lowest BCUT2D eigenvalue weighted by Gasteiger charge is -2.07. The van der Waals surface area contributed by atoms with Crippen molar-refractivity contribution in [1.82, 2.24) is 0 Å². The van der Waals surface area contributed by atoms with Crippen molar-refractivity contribution in [2.24, 2.45) is 0 Å². The predicted molar refractivity (Wildman–Crippen MR) is 68.8 cm³/mol. The number of unbranched alkanes of at least 4 members (excludes halogenated alkanes) is 3. The first-order valence-corrected chi connectivity index (χ1v) is 6.70. The molecule has 1 aromatic rings. The first-order chi connectivity index (χ1) is 7.74. The molecule has 16 heavy (non-hydrogen) atoms. The highest BCUT2D eigenvalue weighted by molar-refractivity contribution is 9.10. The van der Waals surface area contributed by atoms with Crippen LogP contribution in [-0.2, 0) is 0 Å². The van der Waals surface area contributed by atoms with Gasteiger partial charge < -0.3 is 4.74 Å². The summed E-state index contributed by atoms with van der Waals surface area (Å²) in [6.07, 6.45) is 4.24. The lowest BCUT2D eigenvalue weighted by molar-refractivity contribution is 0.302. The zero-order valence-electron chi connectivity index (χ0n) is 9.02. The van der Waals surface area contributed by atoms with E-state index in [1.807, 2.05) is 0 Å². The molecular weight excluding hydrogens is 294 g/mol. The van der Waals surface area contributed by atoms with Gasteiger partial charge in [0, 0.05) is 11.9 Å². The van der Waals surface area contributed by atoms with E-state index in [0.29, 0.717) is 12.4 Å². The lowest BCUT2D eigenvalue weighted by Crippen LogP contribution is -1.98. The summed E-state index contributed by atoms with van der Waals surface area (Å²) >= 11 is 8.88. The van der Waals surface area contributed by atoms with E-state index in [0.717, 1.165) is 36.0 Å². The molecule has 0 saturated carbocycles. The van der Waals surface area contributed by atoms with Gasteiger partial charge in [-0.1, -0.05) is 12.8 Å². The number of halogens is 3. The first kappa shape index (κ1) is 13.8. The van der Waals surface area contributed by atoms with Gasteiger partial charge in [-0.2, -0.15) is 0 Å². The summed E-state index contributed by atoms with van der Waals surface area (Å²) in [7, 11) is 0. The van der Waals surface area contributed by atoms with Gasteiger partial charge >= 0.3 is 0 Å². The van der Waals surface area contributed by atoms with E-state index >= 15 is 0 Å². The molecule has 0 fully saturated rings. The average molecular weight is 310 g/mol. The van der Waals surface area contributed by atoms with Gasteiger partial charge in [-0.05, 0) is 40.9 Å². The molecule has 0 bridgehead atoms. The average Bonchev–Trinajstić information content (AvgIpc) is 2.28. The highest BCUT2D eigenvalue weighted by Crippen LogP contribution is 2.25. The van der Waals surface area contributed by atoms with Crippen molar-refractivity contribution in [3.63, 3.8) is 0 Å². The van der Waals surface area contributed by atoms with Gasteiger partial charge in [0.25, 0.3) is 0 Å². The van der Waals surface area contributed by atoms with Gasteiger partial charge in [0.05, 0.1) is 11.1 Å². The van der Waals surface area contributed by atoms with Crippen LogP contribution >= 0.6 is 27.5 Å². The van der Waals surface area contributed by atoms with Gasteiger partial charge in [-0.15, -0.1) is 11.6 Å². The standard InChI is InChI=1S/C12H15BrClFO/c13-11-6-5-10(15)9-12(11)16-8-4-2-1-3-7-14/h5-6,9H,1-4,7-8H2. The van der Waals surface area contributed by atoms with Crippen LogP contribution in [0.4, 0.5) is 4.39 Å². The molecule has 0 aromatic heterocycles. The lowest BCUT2D eigenvalue weighted by atomic mass is 10.2. The summed E-state index contributed by atoms with van der Waals surface area (Å²) in [5, 5.41) is 0. The molecule has 0 aliphatic heterocycles. The third kappa shape index (κ3) is 5.17. The van der Waals surface area contributed by atoms with Gasteiger partial charge in [-0.3, -0.25) is 0 Å². The van der Waals surface area contributed by atoms with E-state index in [4.69, 9.17) is 16.3 Å². The minimum absolute atomic E-state index is 0.277. The van der Waals surface area contributed by atoms with Crippen molar-refractivity contribution in [2.75, 3.05) is 12.5 Å². The molecule has 0 saturated heterocycles. The van der Waals surface area contributed by atoms with Crippen LogP contribution in [0.15, 0.2) is 22.7 Å². The molecule has 0 spiro atoms. The zero-order valence-corrected chi connectivity index (χ0v) is 11.4. The van der Waals surface area contributed by atoms with Gasteiger partial charge in [0.2, 0.25) is 0 Å². The molecule has 0 radical (unpaired) electrons. The second kappa shape index (κ2) is 7.91. The summed E-state index contributed by atoms with van der Waals surface area (Å²) in [5.41, 5.74) is 0. The minimum Gasteiger partial charge on any atom is -0.492 e. The highest BCUT2D eigenvalue weighted by atomic mass is 79.9. The van der Waals surface area contributed by atoms with Crippen LogP contribution in [0.1, 0.15) is 25.7 Å². The first-order valence-electron chi connectivity index (χ1n) is 5.38. The second-order valence-corrected chi connectivity index (χ2v) is 4.76. The van der Waals surface area contributed by atoms with E-state index in [1.165, 1.54) is 12.1 Å². The van der Waals surface area contributed by atoms with E-state index in [-0.39, 0.29) is 5.82 Å². The van der Waals surface area contributed by atoms with Crippen molar-refractivity contribution in [3.05, 3.63) is 28.5 Å². The van der Waals surface area contributed by atoms with Crippen LogP contribution in [0.2, 0.25) is 0 Å². The molecule has 0 amide bonds. The SMILES string of the molecule is Fc1ccc(Br)c(OCCCCCCCl)c1. The Kier molecular flexibility index (Phi) is 6.81. The fraction of sp³-hybridized carbons (Fsp3) is 0.500. The number of alkyl halides is 1. The summed E-state index contributed by atoms with van der Waals surface area (Å²) in [4.78, 5) is 0. The Morgan fingerprint density at radius 2 is 1.94 bits per heavy atom. The smallest absolute Gasteiger partial charge is 0.136 e. The van der Waals surface area contributed by atoms with Crippen molar-refractivity contribution in [3.8, 4) is 5.75 Å². The third-order valence-corrected chi connectivity index (χ3v) is 3.10. The van der Waals surface area contributed by atoms with Crippen molar-refractivity contribution in [1.29, 1.82) is 0 Å². The predicted octanol–water partition coefficient (Wildman–Crippen LogP) is 4.77. The molecule has 0 unspecified atom stereocenters. The maximum Gasteiger partial charge on any atom is 0.136 e. The van der Waals surface area contributed by atoms with Gasteiger partial charge in [0.1, 0.15) is 11.6 Å². The Hall–Kier alpha value is -0.280. The van der Waals surface area contributed by atoms with Crippen molar-refractivity contribution >= 4 is 27.5 Å². The van der Waals surface area contributed by atoms with E-state index in [2.05, 4.69) is 15.9 Å². The summed E-state index contributed by atoms with van der Waals surface area (Å²) in [5.74, 6) is 1.01. The Morgan fingerprint density at radius 3 is 2.69 bits per heavy atom. The maximum atomic E-state index is 12.9. The normalized spacial score (nSPS) is 10.4. The number of benzene rings is 1. The molecule has 0 heterocycles. The quantitative estimate of drug-likeness (QED) is 0.521. The molecule has 90 valence electrons. The molecule has 1 aromatic carbocycles. The molecule has 1 nitrogen and oxygen atoms in total. The monoisotopic (exact) mass is 308 g/mol. The largest absolute Gasteiger partial charge is 0.492 e. The van der Waals surface area contributed by atoms with Crippen LogP contribution in [0, 0.1) is 5.82 Å². The van der Waals surface area contributed by atoms with Crippen LogP contribution in [-0.4, -0.2) is 12.5 Å². The maximum absolute atomic E-state index is 12.9. The molecule has 0 aliphatic carbocycles. The van der Waals surface area contributed by atoms with Crippen LogP contribution in [0.5, 0.6) is 5.75 Å². The summed E-state index contributed by atoms with van der Waals surface area (Å²) in [6.45, 7) is 0.615. The Bertz CT molecular complexity index is 320. The van der Waals surface area contributed by atoms with Crippen LogP contribution < -0.4 is 4.74 Å². The Morgan fingerprint density at radius 1 is 1.19 bits per heavy atom. The fourth-order valence-electron chi connectivity index (χ4n) is 1.32. The number of rotatable bonds is 7. The molecule has 0 aliphatic rings. The minimum atomic E-state index is -0.277. The van der Waals surface area contributed by atoms with Gasteiger partial charge in [-0.25, -0.2) is 4.39 Å². The topological polar surface area (TPSA) is 9.23 Å². The number of hydrogen-bond acceptors (Lipinski definition) is 1. The molecule has 1 rings (SSSR count). The Labute approximate surface area is 109 Å². The number of hydrogen-bond donors (Lipinski definition) is 0. The second-order valence-electron chi connectivity index (χ2n) is 3.53. The Balaban J connectivity index is 2.23. The van der Waals surface area contributed by atoms with Crippen LogP contribution in [0.25, 0.3) is 0 Å². The van der Waals surface area contributed by atoms with Crippen molar-refractivity contribution in [2.45, 2.75) is 25.7 Å². The highest BCUT2D eigenvalue weighted by Gasteiger charge is 2.02. The molecule has 0 atom stereocenters. The molecular formula is C12H15BrClFO. The van der Waals surface area contributed by atoms with Crippen molar-refractivity contribution < 1.29 is 9.13 Å². The van der Waals surface area contributed by atoms with E-state index in [1.54, 1.807) is 6.07 Å².